The molecule has 2 rings (SSSR count). The first-order valence-corrected chi connectivity index (χ1v) is 5.88. The Morgan fingerprint density at radius 3 is 2.67 bits per heavy atom. The van der Waals surface area contributed by atoms with E-state index < -0.39 is 0 Å². The third kappa shape index (κ3) is 1.49. The SMILES string of the molecule is CC1C(=O)N(C)C(C)c2cccc(Br)c21. The Hall–Kier alpha value is -0.830. The van der Waals surface area contributed by atoms with Crippen molar-refractivity contribution in [3.8, 4) is 0 Å². The fraction of sp³-hybridized carbons (Fsp3) is 0.417. The van der Waals surface area contributed by atoms with Gasteiger partial charge in [0.05, 0.1) is 12.0 Å². The minimum absolute atomic E-state index is 0.0447. The molecule has 0 spiro atoms. The van der Waals surface area contributed by atoms with Crippen LogP contribution in [-0.4, -0.2) is 17.9 Å². The zero-order valence-corrected chi connectivity index (χ0v) is 10.7. The van der Waals surface area contributed by atoms with Crippen LogP contribution in [0.4, 0.5) is 0 Å². The molecular weight excluding hydrogens is 254 g/mol. The van der Waals surface area contributed by atoms with Gasteiger partial charge in [-0.25, -0.2) is 0 Å². The van der Waals surface area contributed by atoms with Gasteiger partial charge in [0.2, 0.25) is 5.91 Å². The summed E-state index contributed by atoms with van der Waals surface area (Å²) in [5, 5.41) is 0. The maximum Gasteiger partial charge on any atom is 0.230 e. The fourth-order valence-corrected chi connectivity index (χ4v) is 2.93. The highest BCUT2D eigenvalue weighted by atomic mass is 79.9. The van der Waals surface area contributed by atoms with Crippen LogP contribution in [0.5, 0.6) is 0 Å². The van der Waals surface area contributed by atoms with Gasteiger partial charge < -0.3 is 4.90 Å². The van der Waals surface area contributed by atoms with Crippen LogP contribution < -0.4 is 0 Å². The van der Waals surface area contributed by atoms with Crippen molar-refractivity contribution in [1.82, 2.24) is 4.90 Å². The van der Waals surface area contributed by atoms with Gasteiger partial charge in [-0.1, -0.05) is 28.1 Å². The molecule has 0 N–H and O–H groups in total. The molecular formula is C12H14BrNO. The number of hydrogen-bond donors (Lipinski definition) is 0. The maximum atomic E-state index is 12.0. The predicted molar refractivity (Wildman–Crippen MR) is 63.7 cm³/mol. The van der Waals surface area contributed by atoms with E-state index in [4.69, 9.17) is 0 Å². The van der Waals surface area contributed by atoms with E-state index in [1.165, 1.54) is 5.56 Å². The Morgan fingerprint density at radius 2 is 2.00 bits per heavy atom. The van der Waals surface area contributed by atoms with E-state index in [0.717, 1.165) is 10.0 Å². The zero-order chi connectivity index (χ0) is 11.2. The number of carbonyl (C=O) groups is 1. The highest BCUT2D eigenvalue weighted by molar-refractivity contribution is 9.10. The van der Waals surface area contributed by atoms with Crippen molar-refractivity contribution in [3.63, 3.8) is 0 Å². The topological polar surface area (TPSA) is 20.3 Å². The highest BCUT2D eigenvalue weighted by Crippen LogP contribution is 2.39. The first kappa shape index (κ1) is 10.7. The van der Waals surface area contributed by atoms with Crippen LogP contribution in [0.3, 0.4) is 0 Å². The van der Waals surface area contributed by atoms with E-state index in [2.05, 4.69) is 28.9 Å². The first-order chi connectivity index (χ1) is 7.04. The first-order valence-electron chi connectivity index (χ1n) is 5.09. The van der Waals surface area contributed by atoms with Crippen LogP contribution in [0.1, 0.15) is 36.9 Å². The summed E-state index contributed by atoms with van der Waals surface area (Å²) in [4.78, 5) is 13.8. The van der Waals surface area contributed by atoms with Crippen molar-refractivity contribution in [2.75, 3.05) is 7.05 Å². The van der Waals surface area contributed by atoms with E-state index in [1.807, 2.05) is 31.0 Å². The lowest BCUT2D eigenvalue weighted by molar-refractivity contribution is -0.134. The Balaban J connectivity index is 2.64. The second-order valence-corrected chi connectivity index (χ2v) is 4.94. The summed E-state index contributed by atoms with van der Waals surface area (Å²) in [7, 11) is 1.87. The number of fused-ring (bicyclic) bond motifs is 1. The number of halogens is 1. The third-order valence-corrected chi connectivity index (χ3v) is 3.96. The van der Waals surface area contributed by atoms with Crippen molar-refractivity contribution >= 4 is 21.8 Å². The lowest BCUT2D eigenvalue weighted by atomic mass is 9.86. The molecule has 1 aliphatic heterocycles. The molecule has 3 heteroatoms. The third-order valence-electron chi connectivity index (χ3n) is 3.27. The Morgan fingerprint density at radius 1 is 1.33 bits per heavy atom. The Labute approximate surface area is 98.4 Å². The van der Waals surface area contributed by atoms with Crippen molar-refractivity contribution in [2.45, 2.75) is 25.8 Å². The molecule has 0 bridgehead atoms. The van der Waals surface area contributed by atoms with Crippen molar-refractivity contribution in [1.29, 1.82) is 0 Å². The normalized spacial score (nSPS) is 25.3. The molecule has 2 atom stereocenters. The van der Waals surface area contributed by atoms with Gasteiger partial charge in [0.25, 0.3) is 0 Å². The van der Waals surface area contributed by atoms with Gasteiger partial charge in [0, 0.05) is 11.5 Å². The van der Waals surface area contributed by atoms with Gasteiger partial charge in [0.15, 0.2) is 0 Å². The number of nitrogens with zero attached hydrogens (tertiary/aromatic N) is 1. The maximum absolute atomic E-state index is 12.0. The number of amides is 1. The summed E-state index contributed by atoms with van der Waals surface area (Å²) < 4.78 is 1.04. The average Bonchev–Trinajstić information content (AvgIpc) is 2.23. The van der Waals surface area contributed by atoms with E-state index in [0.29, 0.717) is 0 Å². The fourth-order valence-electron chi connectivity index (χ4n) is 2.20. The van der Waals surface area contributed by atoms with Crippen molar-refractivity contribution < 1.29 is 4.79 Å². The number of benzene rings is 1. The summed E-state index contributed by atoms with van der Waals surface area (Å²) in [6, 6.07) is 6.29. The molecule has 1 aromatic rings. The summed E-state index contributed by atoms with van der Waals surface area (Å²) in [6.07, 6.45) is 0. The Bertz CT molecular complexity index is 416. The quantitative estimate of drug-likeness (QED) is 0.708. The van der Waals surface area contributed by atoms with Crippen molar-refractivity contribution in [2.24, 2.45) is 0 Å². The van der Waals surface area contributed by atoms with E-state index in [1.54, 1.807) is 0 Å². The monoisotopic (exact) mass is 267 g/mol. The highest BCUT2D eigenvalue weighted by Gasteiger charge is 2.33. The summed E-state index contributed by atoms with van der Waals surface area (Å²) >= 11 is 3.53. The molecule has 0 fully saturated rings. The molecule has 0 aliphatic carbocycles. The van der Waals surface area contributed by atoms with Gasteiger partial charge in [-0.3, -0.25) is 4.79 Å². The standard InChI is InChI=1S/C12H14BrNO/c1-7-11-9(5-4-6-10(11)13)8(2)14(3)12(7)15/h4-8H,1-3H3. The van der Waals surface area contributed by atoms with Crippen LogP contribution in [0.25, 0.3) is 0 Å². The number of rotatable bonds is 0. The van der Waals surface area contributed by atoms with Crippen LogP contribution in [0, 0.1) is 0 Å². The molecule has 1 heterocycles. The molecule has 0 aromatic heterocycles. The van der Waals surface area contributed by atoms with Gasteiger partial charge in [-0.2, -0.15) is 0 Å². The minimum atomic E-state index is -0.0447. The largest absolute Gasteiger partial charge is 0.338 e. The molecule has 15 heavy (non-hydrogen) atoms. The van der Waals surface area contributed by atoms with Gasteiger partial charge >= 0.3 is 0 Å². The lowest BCUT2D eigenvalue weighted by Gasteiger charge is -2.36. The van der Waals surface area contributed by atoms with E-state index in [-0.39, 0.29) is 17.9 Å². The number of hydrogen-bond acceptors (Lipinski definition) is 1. The minimum Gasteiger partial charge on any atom is -0.338 e. The van der Waals surface area contributed by atoms with Crippen LogP contribution in [0.15, 0.2) is 22.7 Å². The van der Waals surface area contributed by atoms with Crippen LogP contribution >= 0.6 is 15.9 Å². The number of likely N-dealkylation sites (N-methyl/N-ethyl adjacent to an activating group) is 1. The molecule has 0 radical (unpaired) electrons. The number of carbonyl (C=O) groups excluding carboxylic acids is 1. The molecule has 80 valence electrons. The van der Waals surface area contributed by atoms with Crippen molar-refractivity contribution in [3.05, 3.63) is 33.8 Å². The van der Waals surface area contributed by atoms with Gasteiger partial charge in [-0.05, 0) is 31.0 Å². The van der Waals surface area contributed by atoms with Crippen LogP contribution in [0.2, 0.25) is 0 Å². The summed E-state index contributed by atoms with van der Waals surface area (Å²) in [5.74, 6) is 0.152. The second-order valence-electron chi connectivity index (χ2n) is 4.09. The average molecular weight is 268 g/mol. The summed E-state index contributed by atoms with van der Waals surface area (Å²) in [6.45, 7) is 4.03. The van der Waals surface area contributed by atoms with Gasteiger partial charge in [0.1, 0.15) is 0 Å². The molecule has 0 saturated heterocycles. The molecule has 0 saturated carbocycles. The smallest absolute Gasteiger partial charge is 0.230 e. The molecule has 2 nitrogen and oxygen atoms in total. The van der Waals surface area contributed by atoms with E-state index in [9.17, 15) is 4.79 Å². The lowest BCUT2D eigenvalue weighted by Crippen LogP contribution is -2.38. The van der Waals surface area contributed by atoms with E-state index >= 15 is 0 Å². The van der Waals surface area contributed by atoms with Gasteiger partial charge in [-0.15, -0.1) is 0 Å². The molecule has 1 aliphatic rings. The second kappa shape index (κ2) is 3.63. The summed E-state index contributed by atoms with van der Waals surface area (Å²) in [5.41, 5.74) is 2.40. The predicted octanol–water partition coefficient (Wildman–Crippen LogP) is 3.09. The zero-order valence-electron chi connectivity index (χ0n) is 9.12. The van der Waals surface area contributed by atoms with Crippen LogP contribution in [-0.2, 0) is 4.79 Å². The Kier molecular flexibility index (Phi) is 2.59. The molecule has 2 unspecified atom stereocenters. The molecule has 1 aromatic carbocycles. The molecule has 1 amide bonds.